The van der Waals surface area contributed by atoms with Gasteiger partial charge < -0.3 is 10.8 Å². The quantitative estimate of drug-likeness (QED) is 0.890. The van der Waals surface area contributed by atoms with Crippen molar-refractivity contribution in [2.45, 2.75) is 18.9 Å². The molecule has 0 amide bonds. The van der Waals surface area contributed by atoms with Crippen LogP contribution in [-0.4, -0.2) is 11.7 Å². The molecule has 0 saturated heterocycles. The molecule has 106 valence electrons. The monoisotopic (exact) mass is 337 g/mol. The molecule has 20 heavy (non-hydrogen) atoms. The highest BCUT2D eigenvalue weighted by Crippen LogP contribution is 2.29. The molecule has 2 aromatic carbocycles. The predicted octanol–water partition coefficient (Wildman–Crippen LogP) is 3.81. The fraction of sp³-hybridized carbons (Fsp3) is 0.250. The lowest BCUT2D eigenvalue weighted by molar-refractivity contribution is 0.0504. The van der Waals surface area contributed by atoms with Gasteiger partial charge in [0.25, 0.3) is 0 Å². The van der Waals surface area contributed by atoms with E-state index in [1.54, 1.807) is 19.1 Å². The van der Waals surface area contributed by atoms with Crippen molar-refractivity contribution in [3.63, 3.8) is 0 Å². The van der Waals surface area contributed by atoms with Gasteiger partial charge >= 0.3 is 0 Å². The Morgan fingerprint density at radius 3 is 2.40 bits per heavy atom. The minimum Gasteiger partial charge on any atom is -0.385 e. The molecule has 0 saturated carbocycles. The zero-order chi connectivity index (χ0) is 14.8. The molecule has 4 heteroatoms. The summed E-state index contributed by atoms with van der Waals surface area (Å²) in [5, 5.41) is 10.3. The van der Waals surface area contributed by atoms with E-state index in [0.29, 0.717) is 23.0 Å². The molecule has 1 atom stereocenters. The Kier molecular flexibility index (Phi) is 4.58. The first-order valence-corrected chi connectivity index (χ1v) is 7.22. The highest BCUT2D eigenvalue weighted by atomic mass is 79.9. The molecule has 2 aromatic rings. The van der Waals surface area contributed by atoms with E-state index in [0.717, 1.165) is 11.1 Å². The average molecular weight is 338 g/mol. The second-order valence-corrected chi connectivity index (χ2v) is 5.93. The Bertz CT molecular complexity index is 596. The zero-order valence-electron chi connectivity index (χ0n) is 11.2. The summed E-state index contributed by atoms with van der Waals surface area (Å²) in [6, 6.07) is 12.2. The fourth-order valence-corrected chi connectivity index (χ4v) is 2.49. The largest absolute Gasteiger partial charge is 0.385 e. The first kappa shape index (κ1) is 15.2. The van der Waals surface area contributed by atoms with Gasteiger partial charge in [-0.15, -0.1) is 0 Å². The van der Waals surface area contributed by atoms with Gasteiger partial charge in [0, 0.05) is 10.0 Å². The molecule has 0 heterocycles. The van der Waals surface area contributed by atoms with Crippen molar-refractivity contribution >= 4 is 15.9 Å². The highest BCUT2D eigenvalue weighted by molar-refractivity contribution is 9.10. The summed E-state index contributed by atoms with van der Waals surface area (Å²) in [7, 11) is 0. The van der Waals surface area contributed by atoms with E-state index >= 15 is 0 Å². The first-order chi connectivity index (χ1) is 9.44. The molecule has 1 unspecified atom stereocenters. The van der Waals surface area contributed by atoms with Crippen molar-refractivity contribution in [3.05, 3.63) is 58.3 Å². The van der Waals surface area contributed by atoms with Gasteiger partial charge in [-0.25, -0.2) is 4.39 Å². The number of nitrogens with two attached hydrogens (primary N) is 1. The minimum atomic E-state index is -0.953. The Hall–Kier alpha value is -1.23. The van der Waals surface area contributed by atoms with Gasteiger partial charge in [0.05, 0.1) is 5.60 Å². The zero-order valence-corrected chi connectivity index (χ0v) is 12.8. The summed E-state index contributed by atoms with van der Waals surface area (Å²) < 4.78 is 14.6. The molecule has 0 fully saturated rings. The van der Waals surface area contributed by atoms with Crippen molar-refractivity contribution < 1.29 is 9.50 Å². The Balaban J connectivity index is 2.33. The summed E-state index contributed by atoms with van der Waals surface area (Å²) in [5.74, 6) is -0.277. The van der Waals surface area contributed by atoms with E-state index in [-0.39, 0.29) is 5.82 Å². The molecule has 0 bridgehead atoms. The second-order valence-electron chi connectivity index (χ2n) is 5.01. The molecule has 0 aliphatic carbocycles. The third-order valence-electron chi connectivity index (χ3n) is 3.38. The van der Waals surface area contributed by atoms with E-state index in [1.807, 2.05) is 24.3 Å². The summed E-state index contributed by atoms with van der Waals surface area (Å²) in [4.78, 5) is 0. The number of rotatable bonds is 4. The van der Waals surface area contributed by atoms with E-state index in [4.69, 9.17) is 5.73 Å². The molecule has 0 aliphatic heterocycles. The molecular weight excluding hydrogens is 321 g/mol. The predicted molar refractivity (Wildman–Crippen MR) is 82.8 cm³/mol. The fourth-order valence-electron chi connectivity index (χ4n) is 2.16. The summed E-state index contributed by atoms with van der Waals surface area (Å²) in [6.07, 6.45) is 0.485. The smallest absolute Gasteiger partial charge is 0.132 e. The number of hydrogen-bond donors (Lipinski definition) is 2. The van der Waals surface area contributed by atoms with Crippen LogP contribution in [0.3, 0.4) is 0 Å². The van der Waals surface area contributed by atoms with Gasteiger partial charge in [0.2, 0.25) is 0 Å². The van der Waals surface area contributed by atoms with Crippen molar-refractivity contribution in [2.24, 2.45) is 5.73 Å². The molecule has 2 nitrogen and oxygen atoms in total. The number of halogens is 2. The average Bonchev–Trinajstić information content (AvgIpc) is 2.39. The van der Waals surface area contributed by atoms with Crippen molar-refractivity contribution in [1.29, 1.82) is 0 Å². The Morgan fingerprint density at radius 1 is 1.20 bits per heavy atom. The van der Waals surface area contributed by atoms with Crippen LogP contribution in [0.5, 0.6) is 0 Å². The third kappa shape index (κ3) is 3.26. The molecule has 0 aliphatic rings. The number of benzene rings is 2. The van der Waals surface area contributed by atoms with Crippen LogP contribution in [0.4, 0.5) is 4.39 Å². The number of aliphatic hydroxyl groups is 1. The second kappa shape index (κ2) is 6.04. The maximum absolute atomic E-state index is 13.9. The molecule has 3 N–H and O–H groups in total. The molecule has 0 aromatic heterocycles. The molecular formula is C16H17BrFNO. The first-order valence-electron chi connectivity index (χ1n) is 6.42. The van der Waals surface area contributed by atoms with E-state index < -0.39 is 5.60 Å². The van der Waals surface area contributed by atoms with Crippen LogP contribution in [0.15, 0.2) is 46.9 Å². The van der Waals surface area contributed by atoms with Crippen LogP contribution in [0.2, 0.25) is 0 Å². The Labute approximate surface area is 126 Å². The van der Waals surface area contributed by atoms with Gasteiger partial charge in [-0.1, -0.05) is 46.3 Å². The lowest BCUT2D eigenvalue weighted by Gasteiger charge is -2.23. The lowest BCUT2D eigenvalue weighted by Crippen LogP contribution is -2.24. The minimum absolute atomic E-state index is 0.277. The van der Waals surface area contributed by atoms with E-state index in [9.17, 15) is 9.50 Å². The van der Waals surface area contributed by atoms with Gasteiger partial charge in [0.15, 0.2) is 0 Å². The van der Waals surface area contributed by atoms with Gasteiger partial charge in [-0.3, -0.25) is 0 Å². The van der Waals surface area contributed by atoms with Crippen molar-refractivity contribution in [2.75, 3.05) is 6.54 Å². The summed E-state index contributed by atoms with van der Waals surface area (Å²) in [5.41, 5.74) is 6.64. The SMILES string of the molecule is CC(O)(CCN)c1ccc(-c2ccc(Br)cc2F)cc1. The van der Waals surface area contributed by atoms with Crippen molar-refractivity contribution in [3.8, 4) is 11.1 Å². The molecule has 0 radical (unpaired) electrons. The normalized spacial score (nSPS) is 14.1. The number of hydrogen-bond acceptors (Lipinski definition) is 2. The van der Waals surface area contributed by atoms with Gasteiger partial charge in [-0.05, 0) is 43.1 Å². The topological polar surface area (TPSA) is 46.2 Å². The maximum Gasteiger partial charge on any atom is 0.132 e. The van der Waals surface area contributed by atoms with Crippen LogP contribution in [0, 0.1) is 5.82 Å². The van der Waals surface area contributed by atoms with Crippen molar-refractivity contribution in [1.82, 2.24) is 0 Å². The van der Waals surface area contributed by atoms with Crippen LogP contribution >= 0.6 is 15.9 Å². The van der Waals surface area contributed by atoms with E-state index in [2.05, 4.69) is 15.9 Å². The summed E-state index contributed by atoms with van der Waals surface area (Å²) in [6.45, 7) is 2.14. The standard InChI is InChI=1S/C16H17BrFNO/c1-16(20,8-9-19)12-4-2-11(3-5-12)14-7-6-13(17)10-15(14)18/h2-7,10,20H,8-9,19H2,1H3. The molecule has 0 spiro atoms. The lowest BCUT2D eigenvalue weighted by atomic mass is 9.91. The van der Waals surface area contributed by atoms with Crippen LogP contribution in [0.1, 0.15) is 18.9 Å². The highest BCUT2D eigenvalue weighted by Gasteiger charge is 2.21. The summed E-state index contributed by atoms with van der Waals surface area (Å²) >= 11 is 3.24. The van der Waals surface area contributed by atoms with Gasteiger partial charge in [-0.2, -0.15) is 0 Å². The van der Waals surface area contributed by atoms with Crippen LogP contribution < -0.4 is 5.73 Å². The maximum atomic E-state index is 13.9. The molecule has 2 rings (SSSR count). The van der Waals surface area contributed by atoms with E-state index in [1.165, 1.54) is 6.07 Å². The Morgan fingerprint density at radius 2 is 1.85 bits per heavy atom. The van der Waals surface area contributed by atoms with Crippen LogP contribution in [0.25, 0.3) is 11.1 Å². The third-order valence-corrected chi connectivity index (χ3v) is 3.87. The van der Waals surface area contributed by atoms with Gasteiger partial charge in [0.1, 0.15) is 5.82 Å². The van der Waals surface area contributed by atoms with Crippen LogP contribution in [-0.2, 0) is 5.60 Å².